The van der Waals surface area contributed by atoms with E-state index in [-0.39, 0.29) is 47.3 Å². The minimum Gasteiger partial charge on any atom is -1.00 e. The Kier molecular flexibility index (Phi) is 19.6. The van der Waals surface area contributed by atoms with Crippen LogP contribution in [0.25, 0.3) is 33.4 Å². The van der Waals surface area contributed by atoms with Crippen LogP contribution in [0.2, 0.25) is 0 Å². The number of fused-ring (bicyclic) bond motifs is 3. The molecule has 1 aliphatic carbocycles. The smallest absolute Gasteiger partial charge is 0.172 e. The molecule has 0 fully saturated rings. The molecule has 0 spiro atoms. The zero-order valence-electron chi connectivity index (χ0n) is 38.8. The molecule has 5 heteroatoms. The molecule has 1 aliphatic rings. The molecule has 0 radical (unpaired) electrons. The summed E-state index contributed by atoms with van der Waals surface area (Å²) in [5.74, 6) is -0.488. The van der Waals surface area contributed by atoms with Gasteiger partial charge in [-0.15, -0.1) is 28.8 Å². The number of benzene rings is 6. The summed E-state index contributed by atoms with van der Waals surface area (Å²) >= 11 is 1.22. The average molecular weight is 971 g/mol. The number of halogens is 4. The van der Waals surface area contributed by atoms with Gasteiger partial charge in [-0.1, -0.05) is 158 Å². The molecular weight excluding hydrogens is 909 g/mol. The van der Waals surface area contributed by atoms with Crippen molar-refractivity contribution in [3.8, 4) is 33.4 Å². The van der Waals surface area contributed by atoms with Crippen molar-refractivity contribution in [2.24, 2.45) is 0 Å². The molecule has 0 bridgehead atoms. The zero-order valence-corrected chi connectivity index (χ0v) is 42.8. The molecule has 0 aliphatic heterocycles. The SMILES string of the molecule is CCCCc1ccccc1-c1[c-]c2c(cc1C(C)(C)C)-c1cc(C(C)(C)C)c(-c3ccccc3CCCC)cc1C2.Fc1ccc([C](=[Zr+2])c2ccc(F)cc2)cc1.[Cl-].[Cl-].c1cc[cH-]c1. The van der Waals surface area contributed by atoms with E-state index in [1.54, 1.807) is 24.3 Å². The molecule has 7 aromatic rings. The molecule has 0 saturated heterocycles. The van der Waals surface area contributed by atoms with Gasteiger partial charge in [0.05, 0.1) is 0 Å². The largest absolute Gasteiger partial charge is 1.00 e. The van der Waals surface area contributed by atoms with E-state index in [1.165, 1.54) is 141 Å². The van der Waals surface area contributed by atoms with E-state index in [0.29, 0.717) is 0 Å². The fraction of sp³-hybridized carbons (Fsp3) is 0.288. The van der Waals surface area contributed by atoms with Crippen LogP contribution >= 0.6 is 0 Å². The van der Waals surface area contributed by atoms with Crippen LogP contribution in [-0.4, -0.2) is 3.21 Å². The molecule has 0 amide bonds. The van der Waals surface area contributed by atoms with Crippen LogP contribution in [0.5, 0.6) is 0 Å². The summed E-state index contributed by atoms with van der Waals surface area (Å²) in [6.07, 6.45) is 8.09. The quantitative estimate of drug-likeness (QED) is 0.120. The van der Waals surface area contributed by atoms with Gasteiger partial charge >= 0.3 is 108 Å². The van der Waals surface area contributed by atoms with E-state index in [4.69, 9.17) is 0 Å². The van der Waals surface area contributed by atoms with Crippen LogP contribution in [0.3, 0.4) is 0 Å². The second-order valence-electron chi connectivity index (χ2n) is 18.6. The monoisotopic (exact) mass is 968 g/mol. The molecular formula is C59H62Cl2F2Zr-2. The first-order valence-electron chi connectivity index (χ1n) is 22.4. The van der Waals surface area contributed by atoms with Crippen LogP contribution in [0.15, 0.2) is 146 Å². The Balaban J connectivity index is 0.000000321. The third kappa shape index (κ3) is 13.2. The summed E-state index contributed by atoms with van der Waals surface area (Å²) in [5.41, 5.74) is 18.9. The number of unbranched alkanes of at least 4 members (excludes halogenated alkanes) is 2. The number of aryl methyl sites for hydroxylation is 2. The van der Waals surface area contributed by atoms with Gasteiger partial charge in [0, 0.05) is 0 Å². The number of hydrogen-bond acceptors (Lipinski definition) is 0. The molecule has 0 saturated carbocycles. The van der Waals surface area contributed by atoms with E-state index < -0.39 is 0 Å². The Morgan fingerprint density at radius 3 is 1.50 bits per heavy atom. The van der Waals surface area contributed by atoms with Crippen molar-refractivity contribution in [1.82, 2.24) is 0 Å². The number of rotatable bonds is 10. The van der Waals surface area contributed by atoms with Gasteiger partial charge < -0.3 is 24.8 Å². The van der Waals surface area contributed by atoms with Crippen LogP contribution in [0.1, 0.15) is 126 Å². The van der Waals surface area contributed by atoms with E-state index in [2.05, 4.69) is 128 Å². The number of hydrogen-bond donors (Lipinski definition) is 0. The van der Waals surface area contributed by atoms with Gasteiger partial charge in [-0.25, -0.2) is 12.1 Å². The second-order valence-corrected chi connectivity index (χ2v) is 19.8. The predicted molar refractivity (Wildman–Crippen MR) is 257 cm³/mol. The molecule has 0 heterocycles. The van der Waals surface area contributed by atoms with Crippen molar-refractivity contribution in [3.63, 3.8) is 0 Å². The Bertz CT molecular complexity index is 2370. The molecule has 0 nitrogen and oxygen atoms in total. The summed E-state index contributed by atoms with van der Waals surface area (Å²) in [6, 6.07) is 52.4. The molecule has 64 heavy (non-hydrogen) atoms. The van der Waals surface area contributed by atoms with Gasteiger partial charge in [-0.3, -0.25) is 0 Å². The maximum atomic E-state index is 12.8. The summed E-state index contributed by atoms with van der Waals surface area (Å²) in [6.45, 7) is 18.7. The van der Waals surface area contributed by atoms with Crippen molar-refractivity contribution in [1.29, 1.82) is 0 Å². The van der Waals surface area contributed by atoms with Gasteiger partial charge in [0.25, 0.3) is 0 Å². The molecule has 0 N–H and O–H groups in total. The summed E-state index contributed by atoms with van der Waals surface area (Å²) in [4.78, 5) is 0. The second kappa shape index (κ2) is 23.9. The standard InChI is InChI=1S/C41H49.C13H8F2.C5H5.2ClH.Zr/c1-9-11-17-28-19-13-15-21-32(28)36-24-30-23-31-25-37(33-22-16-14-20-29(33)18-12-10-2)39(41(6,7)8)27-35(31)34(30)26-38(36)40(3,4)5;14-12-5-1-10(2-6-12)9-11-3-7-13(15)8-4-11;1-2-4-5-3-1;;;/h13-16,19-22,24,26-27H,9-12,17-18,23H2,1-8H3;1-8H;1-5H;2*1H;/q-1;;-1;;;+2/p-2. The van der Waals surface area contributed by atoms with Gasteiger partial charge in [-0.2, -0.15) is 18.2 Å². The van der Waals surface area contributed by atoms with Crippen LogP contribution in [-0.2, 0) is 54.3 Å². The minimum atomic E-state index is -0.244. The van der Waals surface area contributed by atoms with Gasteiger partial charge in [0.1, 0.15) is 0 Å². The molecule has 8 rings (SSSR count). The Morgan fingerprint density at radius 2 is 1.03 bits per heavy atom. The van der Waals surface area contributed by atoms with Crippen LogP contribution < -0.4 is 24.8 Å². The Morgan fingerprint density at radius 1 is 0.562 bits per heavy atom. The molecule has 0 atom stereocenters. The van der Waals surface area contributed by atoms with Crippen LogP contribution in [0.4, 0.5) is 8.78 Å². The van der Waals surface area contributed by atoms with Crippen molar-refractivity contribution in [2.45, 2.75) is 111 Å². The van der Waals surface area contributed by atoms with Crippen molar-refractivity contribution >= 4 is 3.21 Å². The molecule has 332 valence electrons. The first-order chi connectivity index (χ1) is 29.7. The van der Waals surface area contributed by atoms with Gasteiger partial charge in [-0.05, 0) is 64.3 Å². The van der Waals surface area contributed by atoms with Crippen molar-refractivity contribution < 1.29 is 57.8 Å². The molecule has 0 aromatic heterocycles. The zero-order chi connectivity index (χ0) is 44.4. The van der Waals surface area contributed by atoms with E-state index in [9.17, 15) is 8.78 Å². The van der Waals surface area contributed by atoms with Crippen LogP contribution in [0, 0.1) is 17.7 Å². The third-order valence-corrected chi connectivity index (χ3v) is 13.1. The summed E-state index contributed by atoms with van der Waals surface area (Å²) < 4.78 is 26.6. The van der Waals surface area contributed by atoms with E-state index >= 15 is 0 Å². The van der Waals surface area contributed by atoms with E-state index in [1.807, 2.05) is 30.3 Å². The first kappa shape index (κ1) is 52.5. The fourth-order valence-electron chi connectivity index (χ4n) is 8.29. The summed E-state index contributed by atoms with van der Waals surface area (Å²) in [7, 11) is 0. The average Bonchev–Trinajstić information content (AvgIpc) is 3.96. The van der Waals surface area contributed by atoms with Crippen molar-refractivity contribution in [3.05, 3.63) is 208 Å². The van der Waals surface area contributed by atoms with Gasteiger partial charge in [0.2, 0.25) is 0 Å². The normalized spacial score (nSPS) is 11.4. The van der Waals surface area contributed by atoms with Gasteiger partial charge in [0.15, 0.2) is 0 Å². The fourth-order valence-corrected chi connectivity index (χ4v) is 9.11. The molecule has 7 aromatic carbocycles. The minimum absolute atomic E-state index is 0. The van der Waals surface area contributed by atoms with E-state index in [0.717, 1.165) is 33.6 Å². The Hall–Kier alpha value is -4.14. The predicted octanol–water partition coefficient (Wildman–Crippen LogP) is 10.2. The topological polar surface area (TPSA) is 0 Å². The Labute approximate surface area is 410 Å². The molecule has 0 unspecified atom stereocenters. The maximum absolute atomic E-state index is 12.8. The maximum Gasteiger partial charge on any atom is -0.172 e. The van der Waals surface area contributed by atoms with Crippen molar-refractivity contribution in [2.75, 3.05) is 0 Å². The third-order valence-electron chi connectivity index (χ3n) is 11.7. The summed E-state index contributed by atoms with van der Waals surface area (Å²) in [5, 5.41) is 0. The first-order valence-corrected chi connectivity index (χ1v) is 23.6.